The molecule has 3 rings (SSSR count). The Balaban J connectivity index is 1.80. The van der Waals surface area contributed by atoms with Gasteiger partial charge >= 0.3 is 5.97 Å². The number of aliphatic carboxylic acids is 1. The Hall–Kier alpha value is -7.35. The molecule has 1 fully saturated rings. The number of hydrogen-bond acceptors (Lipinski definition) is 13. The van der Waals surface area contributed by atoms with Crippen LogP contribution in [0, 0.1) is 17.8 Å². The predicted molar refractivity (Wildman–Crippen MR) is 290 cm³/mol. The highest BCUT2D eigenvalue weighted by atomic mass is 16.4. The highest BCUT2D eigenvalue weighted by Gasteiger charge is 2.41. The molecule has 9 amide bonds. The van der Waals surface area contributed by atoms with Gasteiger partial charge in [0.25, 0.3) is 0 Å². The van der Waals surface area contributed by atoms with Gasteiger partial charge in [0, 0.05) is 36.6 Å². The number of aliphatic hydroxyl groups excluding tert-OH is 1. The van der Waals surface area contributed by atoms with E-state index >= 15 is 0 Å². The number of fused-ring (bicyclic) bond motifs is 1. The summed E-state index contributed by atoms with van der Waals surface area (Å²) >= 11 is 0. The van der Waals surface area contributed by atoms with E-state index in [9.17, 15) is 58.2 Å². The van der Waals surface area contributed by atoms with Crippen molar-refractivity contribution in [3.8, 4) is 0 Å². The van der Waals surface area contributed by atoms with Gasteiger partial charge in [0.1, 0.15) is 54.4 Å². The van der Waals surface area contributed by atoms with Gasteiger partial charge in [-0.05, 0) is 88.7 Å². The maximum absolute atomic E-state index is 14.3. The molecule has 1 aliphatic heterocycles. The van der Waals surface area contributed by atoms with Gasteiger partial charge in [0.15, 0.2) is 5.96 Å². The number of benzene rings is 1. The Kier molecular flexibility index (Phi) is 25.9. The van der Waals surface area contributed by atoms with Crippen molar-refractivity contribution >= 4 is 76.0 Å². The lowest BCUT2D eigenvalue weighted by Gasteiger charge is -2.31. The van der Waals surface area contributed by atoms with E-state index in [1.165, 1.54) is 25.7 Å². The summed E-state index contributed by atoms with van der Waals surface area (Å²) in [7, 11) is 0. The van der Waals surface area contributed by atoms with Crippen LogP contribution in [-0.4, -0.2) is 165 Å². The zero-order chi connectivity index (χ0) is 58.6. The van der Waals surface area contributed by atoms with Crippen molar-refractivity contribution in [1.82, 2.24) is 52.4 Å². The van der Waals surface area contributed by atoms with E-state index in [1.807, 2.05) is 52.0 Å². The maximum atomic E-state index is 14.3. The first-order valence-corrected chi connectivity index (χ1v) is 26.6. The van der Waals surface area contributed by atoms with E-state index in [1.54, 1.807) is 20.0 Å². The van der Waals surface area contributed by atoms with Crippen LogP contribution >= 0.6 is 0 Å². The van der Waals surface area contributed by atoms with Gasteiger partial charge in [-0.25, -0.2) is 0 Å². The lowest BCUT2D eigenvalue weighted by atomic mass is 9.97. The van der Waals surface area contributed by atoms with Gasteiger partial charge in [0.2, 0.25) is 53.2 Å². The lowest BCUT2D eigenvalue weighted by Crippen LogP contribution is -2.61. The van der Waals surface area contributed by atoms with Crippen molar-refractivity contribution in [2.45, 2.75) is 174 Å². The molecule has 26 nitrogen and oxygen atoms in total. The third-order valence-electron chi connectivity index (χ3n) is 13.3. The summed E-state index contributed by atoms with van der Waals surface area (Å²) < 4.78 is 0. The van der Waals surface area contributed by atoms with E-state index < -0.39 is 132 Å². The van der Waals surface area contributed by atoms with Gasteiger partial charge in [-0.1, -0.05) is 66.2 Å². The number of para-hydroxylation sites is 1. The van der Waals surface area contributed by atoms with E-state index in [4.69, 9.17) is 17.2 Å². The third kappa shape index (κ3) is 19.9. The van der Waals surface area contributed by atoms with E-state index in [2.05, 4.69) is 52.5 Å². The molecule has 2 aromatic rings. The number of carboxylic acids is 1. The molecule has 0 saturated carbocycles. The molecule has 1 aromatic heterocycles. The van der Waals surface area contributed by atoms with Crippen LogP contribution < -0.4 is 59.7 Å². The van der Waals surface area contributed by atoms with Gasteiger partial charge in [-0.15, -0.1) is 0 Å². The molecule has 0 aliphatic carbocycles. The van der Waals surface area contributed by atoms with Crippen LogP contribution in [-0.2, 0) is 54.4 Å². The number of aromatic nitrogens is 1. The molecule has 0 spiro atoms. The number of aliphatic hydroxyl groups is 1. The summed E-state index contributed by atoms with van der Waals surface area (Å²) in [5.74, 6) is -8.93. The number of hydrogen-bond donors (Lipinski definition) is 14. The predicted octanol–water partition coefficient (Wildman–Crippen LogP) is -1.76. The Morgan fingerprint density at radius 2 is 1.26 bits per heavy atom. The molecule has 78 heavy (non-hydrogen) atoms. The number of likely N-dealkylation sites (tertiary alicyclic amines) is 1. The summed E-state index contributed by atoms with van der Waals surface area (Å²) in [5, 5.41) is 41.4. The molecular weight excluding hydrogens is 1010 g/mol. The molecule has 11 atom stereocenters. The standard InChI is InChI=1S/C52H84N14O12/c1-10-28(6)41(48(74)65-42(31(9)67)49(75)59-30(8)51(77)78)64-47(73)39-18-14-20-66(39)50(76)29(7)58-44(70)36(21-26(2)3)63-45(71)37(22-27(4)5)62-43(69)35(17-13-19-56-52(54)55)61-46(72)38(60-40(68)24-53)23-32-25-57-34-16-12-11-15-33(32)34/h11-12,15-16,25-31,35-39,41-42,57,67H,10,13-14,17-24,53H2,1-9H3,(H,58,70)(H,59,75)(H,60,68)(H,61,72)(H,62,69)(H,63,71)(H,64,73)(H,65,74)(H,77,78)(H4,54,55,56). The first kappa shape index (κ1) is 64.9. The van der Waals surface area contributed by atoms with Gasteiger partial charge < -0.3 is 79.8 Å². The van der Waals surface area contributed by atoms with Gasteiger partial charge in [0.05, 0.1) is 12.6 Å². The summed E-state index contributed by atoms with van der Waals surface area (Å²) in [6.45, 7) is 14.5. The smallest absolute Gasteiger partial charge is 0.325 e. The normalized spacial score (nSPS) is 17.1. The van der Waals surface area contributed by atoms with Crippen LogP contribution in [0.2, 0.25) is 0 Å². The van der Waals surface area contributed by atoms with Crippen molar-refractivity contribution in [2.24, 2.45) is 39.9 Å². The number of nitrogens with two attached hydrogens (primary N) is 3. The van der Waals surface area contributed by atoms with Crippen LogP contribution in [0.5, 0.6) is 0 Å². The number of nitrogens with one attached hydrogen (secondary N) is 9. The highest BCUT2D eigenvalue weighted by Crippen LogP contribution is 2.22. The van der Waals surface area contributed by atoms with Crippen molar-refractivity contribution in [1.29, 1.82) is 0 Å². The molecule has 0 radical (unpaired) electrons. The second-order valence-electron chi connectivity index (χ2n) is 20.9. The van der Waals surface area contributed by atoms with E-state index in [-0.39, 0.29) is 69.4 Å². The van der Waals surface area contributed by atoms with Crippen LogP contribution in [0.1, 0.15) is 113 Å². The number of aliphatic imine (C=N–C) groups is 1. The summed E-state index contributed by atoms with van der Waals surface area (Å²) in [5.41, 5.74) is 18.2. The average molecular weight is 1100 g/mol. The minimum atomic E-state index is -1.56. The van der Waals surface area contributed by atoms with Crippen molar-refractivity contribution in [3.63, 3.8) is 0 Å². The Bertz CT molecular complexity index is 2440. The molecule has 17 N–H and O–H groups in total. The number of guanidine groups is 1. The fraction of sp³-hybridized carbons (Fsp3) is 0.635. The molecular formula is C52H84N14O12. The largest absolute Gasteiger partial charge is 0.480 e. The van der Waals surface area contributed by atoms with Gasteiger partial charge in [-0.2, -0.15) is 0 Å². The zero-order valence-corrected chi connectivity index (χ0v) is 46.3. The number of rotatable bonds is 31. The monoisotopic (exact) mass is 1100 g/mol. The molecule has 1 saturated heterocycles. The second-order valence-corrected chi connectivity index (χ2v) is 20.9. The van der Waals surface area contributed by atoms with Gasteiger partial charge in [-0.3, -0.25) is 52.9 Å². The quantitative estimate of drug-likeness (QED) is 0.0226. The molecule has 0 bridgehead atoms. The maximum Gasteiger partial charge on any atom is 0.325 e. The number of amides is 9. The van der Waals surface area contributed by atoms with Crippen molar-refractivity contribution < 1.29 is 58.2 Å². The summed E-state index contributed by atoms with van der Waals surface area (Å²) in [6, 6.07) is -3.87. The third-order valence-corrected chi connectivity index (χ3v) is 13.3. The number of carbonyl (C=O) groups excluding carboxylic acids is 9. The zero-order valence-electron chi connectivity index (χ0n) is 46.3. The number of carbonyl (C=O) groups is 10. The van der Waals surface area contributed by atoms with Crippen LogP contribution in [0.4, 0.5) is 0 Å². The average Bonchev–Trinajstić information content (AvgIpc) is 4.04. The van der Waals surface area contributed by atoms with Crippen LogP contribution in [0.15, 0.2) is 35.5 Å². The number of carboxylic acid groups (broad SMARTS) is 1. The Morgan fingerprint density at radius 3 is 1.82 bits per heavy atom. The fourth-order valence-electron chi connectivity index (χ4n) is 8.87. The number of nitrogens with zero attached hydrogens (tertiary/aromatic N) is 2. The van der Waals surface area contributed by atoms with E-state index in [0.717, 1.165) is 10.9 Å². The summed E-state index contributed by atoms with van der Waals surface area (Å²) in [4.78, 5) is 144. The SMILES string of the molecule is CCC(C)C(NC(=O)C1CCCN1C(=O)C(C)NC(=O)C(CC(C)C)NC(=O)C(CC(C)C)NC(=O)C(CCCN=C(N)N)NC(=O)C(Cc1c[nH]c2ccccc12)NC(=O)CN)C(=O)NC(C(=O)NC(C)C(=O)O)C(C)O. The first-order chi connectivity index (χ1) is 36.7. The fourth-order valence-corrected chi connectivity index (χ4v) is 8.87. The van der Waals surface area contributed by atoms with Crippen molar-refractivity contribution in [3.05, 3.63) is 36.0 Å². The minimum absolute atomic E-state index is 0.00805. The topological polar surface area (TPSA) is 417 Å². The lowest BCUT2D eigenvalue weighted by molar-refractivity contribution is -0.143. The Labute approximate surface area is 455 Å². The first-order valence-electron chi connectivity index (χ1n) is 26.6. The molecule has 26 heteroatoms. The van der Waals surface area contributed by atoms with Crippen LogP contribution in [0.25, 0.3) is 10.9 Å². The van der Waals surface area contributed by atoms with Crippen molar-refractivity contribution in [2.75, 3.05) is 19.6 Å². The number of H-pyrrole nitrogens is 1. The van der Waals surface area contributed by atoms with E-state index in [0.29, 0.717) is 18.4 Å². The second kappa shape index (κ2) is 31.2. The molecule has 11 unspecified atom stereocenters. The molecule has 1 aromatic carbocycles. The molecule has 2 heterocycles. The Morgan fingerprint density at radius 1 is 0.705 bits per heavy atom. The molecule has 434 valence electrons. The molecule has 1 aliphatic rings. The highest BCUT2D eigenvalue weighted by molar-refractivity contribution is 5.99. The minimum Gasteiger partial charge on any atom is -0.480 e. The summed E-state index contributed by atoms with van der Waals surface area (Å²) in [6.07, 6.45) is 1.76. The number of aromatic amines is 1. The van der Waals surface area contributed by atoms with Crippen LogP contribution in [0.3, 0.4) is 0 Å².